The molecule has 2 aromatic rings. The Labute approximate surface area is 148 Å². The van der Waals surface area contributed by atoms with Gasteiger partial charge in [-0.1, -0.05) is 41.4 Å². The van der Waals surface area contributed by atoms with Crippen molar-refractivity contribution in [2.75, 3.05) is 17.7 Å². The molecule has 0 spiro atoms. The first-order valence-corrected chi connectivity index (χ1v) is 8.36. The molecular weight excluding hydrogens is 357 g/mol. The molecule has 4 nitrogen and oxygen atoms in total. The van der Waals surface area contributed by atoms with E-state index in [0.717, 1.165) is 4.90 Å². The minimum Gasteiger partial charge on any atom is -0.455 e. The van der Waals surface area contributed by atoms with Crippen molar-refractivity contribution in [3.8, 4) is 0 Å². The van der Waals surface area contributed by atoms with Crippen LogP contribution in [0.15, 0.2) is 53.4 Å². The molecule has 0 saturated heterocycles. The van der Waals surface area contributed by atoms with E-state index in [9.17, 15) is 9.59 Å². The van der Waals surface area contributed by atoms with Crippen molar-refractivity contribution in [1.29, 1.82) is 0 Å². The molecule has 120 valence electrons. The quantitative estimate of drug-likeness (QED) is 0.610. The molecule has 0 bridgehead atoms. The highest BCUT2D eigenvalue weighted by Gasteiger charge is 2.09. The first-order chi connectivity index (χ1) is 11.0. The Morgan fingerprint density at radius 3 is 2.35 bits per heavy atom. The molecule has 0 saturated carbocycles. The summed E-state index contributed by atoms with van der Waals surface area (Å²) in [6, 6.07) is 14.1. The molecule has 7 heteroatoms. The van der Waals surface area contributed by atoms with Crippen LogP contribution in [-0.4, -0.2) is 24.2 Å². The molecule has 0 aliphatic rings. The molecule has 0 aliphatic heterocycles. The molecule has 1 amide bonds. The van der Waals surface area contributed by atoms with Crippen molar-refractivity contribution < 1.29 is 14.3 Å². The Morgan fingerprint density at radius 1 is 1.04 bits per heavy atom. The normalized spacial score (nSPS) is 10.2. The highest BCUT2D eigenvalue weighted by atomic mass is 35.5. The van der Waals surface area contributed by atoms with Crippen molar-refractivity contribution in [2.45, 2.75) is 4.90 Å². The second-order valence-corrected chi connectivity index (χ2v) is 6.39. The number of halogens is 2. The summed E-state index contributed by atoms with van der Waals surface area (Å²) in [5, 5.41) is 3.37. The fourth-order valence-electron chi connectivity index (χ4n) is 1.67. The topological polar surface area (TPSA) is 55.4 Å². The van der Waals surface area contributed by atoms with Crippen molar-refractivity contribution in [3.63, 3.8) is 0 Å². The fraction of sp³-hybridized carbons (Fsp3) is 0.125. The summed E-state index contributed by atoms with van der Waals surface area (Å²) in [6.45, 7) is -0.363. The molecule has 0 unspecified atom stereocenters. The van der Waals surface area contributed by atoms with Gasteiger partial charge in [0.15, 0.2) is 6.61 Å². The average Bonchev–Trinajstić information content (AvgIpc) is 2.51. The third kappa shape index (κ3) is 6.52. The number of ether oxygens (including phenoxy) is 1. The molecule has 2 aromatic carbocycles. The van der Waals surface area contributed by atoms with Gasteiger partial charge in [0.1, 0.15) is 0 Å². The minimum atomic E-state index is -0.460. The van der Waals surface area contributed by atoms with E-state index < -0.39 is 11.9 Å². The largest absolute Gasteiger partial charge is 0.455 e. The molecular formula is C16H13Cl2NO3S. The van der Waals surface area contributed by atoms with Crippen molar-refractivity contribution in [3.05, 3.63) is 58.6 Å². The maximum Gasteiger partial charge on any atom is 0.316 e. The van der Waals surface area contributed by atoms with Gasteiger partial charge in [-0.25, -0.2) is 0 Å². The number of esters is 1. The zero-order chi connectivity index (χ0) is 16.7. The van der Waals surface area contributed by atoms with Gasteiger partial charge in [0.25, 0.3) is 5.91 Å². The van der Waals surface area contributed by atoms with E-state index in [1.807, 2.05) is 30.3 Å². The van der Waals surface area contributed by atoms with Gasteiger partial charge >= 0.3 is 5.97 Å². The molecule has 1 N–H and O–H groups in total. The molecule has 0 aromatic heterocycles. The zero-order valence-corrected chi connectivity index (χ0v) is 14.3. The molecule has 2 rings (SSSR count). The van der Waals surface area contributed by atoms with Gasteiger partial charge in [-0.05, 0) is 30.3 Å². The third-order valence-corrected chi connectivity index (χ3v) is 4.03. The number of rotatable bonds is 6. The third-order valence-electron chi connectivity index (χ3n) is 2.61. The Hall–Kier alpha value is -1.69. The second-order valence-electron chi connectivity index (χ2n) is 4.47. The molecule has 0 fully saturated rings. The number of amides is 1. The van der Waals surface area contributed by atoms with E-state index in [2.05, 4.69) is 5.32 Å². The maximum atomic E-state index is 11.7. The maximum absolute atomic E-state index is 11.7. The Morgan fingerprint density at radius 2 is 1.70 bits per heavy atom. The average molecular weight is 370 g/mol. The summed E-state index contributed by atoms with van der Waals surface area (Å²) >= 11 is 13.0. The van der Waals surface area contributed by atoms with Crippen molar-refractivity contribution >= 4 is 52.5 Å². The lowest BCUT2D eigenvalue weighted by Crippen LogP contribution is -2.21. The lowest BCUT2D eigenvalue weighted by Gasteiger charge is -2.07. The molecule has 23 heavy (non-hydrogen) atoms. The molecule has 0 heterocycles. The summed E-state index contributed by atoms with van der Waals surface area (Å²) in [7, 11) is 0. The second kappa shape index (κ2) is 8.82. The van der Waals surface area contributed by atoms with Crippen LogP contribution < -0.4 is 5.32 Å². The Balaban J connectivity index is 1.74. The van der Waals surface area contributed by atoms with E-state index in [1.165, 1.54) is 11.8 Å². The van der Waals surface area contributed by atoms with Gasteiger partial charge in [-0.15, -0.1) is 11.8 Å². The van der Waals surface area contributed by atoms with Crippen LogP contribution in [0.1, 0.15) is 0 Å². The van der Waals surface area contributed by atoms with Crippen LogP contribution in [0.3, 0.4) is 0 Å². The number of benzene rings is 2. The summed E-state index contributed by atoms with van der Waals surface area (Å²) in [6.07, 6.45) is 0. The Bertz CT molecular complexity index is 675. The van der Waals surface area contributed by atoms with E-state index in [1.54, 1.807) is 18.2 Å². The minimum absolute atomic E-state index is 0.139. The van der Waals surface area contributed by atoms with Crippen LogP contribution in [0.2, 0.25) is 10.0 Å². The van der Waals surface area contributed by atoms with Gasteiger partial charge in [-0.2, -0.15) is 0 Å². The van der Waals surface area contributed by atoms with Crippen LogP contribution in [0.25, 0.3) is 0 Å². The monoisotopic (exact) mass is 369 g/mol. The van der Waals surface area contributed by atoms with Gasteiger partial charge < -0.3 is 10.1 Å². The fourth-order valence-corrected chi connectivity index (χ4v) is 2.91. The summed E-state index contributed by atoms with van der Waals surface area (Å²) in [5.41, 5.74) is 0.446. The first kappa shape index (κ1) is 17.7. The van der Waals surface area contributed by atoms with Gasteiger partial charge in [0, 0.05) is 20.6 Å². The number of hydrogen-bond acceptors (Lipinski definition) is 4. The zero-order valence-electron chi connectivity index (χ0n) is 11.9. The van der Waals surface area contributed by atoms with E-state index in [-0.39, 0.29) is 12.4 Å². The van der Waals surface area contributed by atoms with Gasteiger partial charge in [0.2, 0.25) is 0 Å². The SMILES string of the molecule is O=C(COC(=O)CSc1ccccc1)Nc1cc(Cl)cc(Cl)c1. The standard InChI is InChI=1S/C16H13Cl2NO3S/c17-11-6-12(18)8-13(7-11)19-15(20)9-22-16(21)10-23-14-4-2-1-3-5-14/h1-8H,9-10H2,(H,19,20). The van der Waals surface area contributed by atoms with Gasteiger partial charge in [0.05, 0.1) is 5.75 Å². The van der Waals surface area contributed by atoms with E-state index in [0.29, 0.717) is 15.7 Å². The number of carbonyl (C=O) groups is 2. The number of anilines is 1. The lowest BCUT2D eigenvalue weighted by atomic mass is 10.3. The number of thioether (sulfide) groups is 1. The molecule has 0 atom stereocenters. The smallest absolute Gasteiger partial charge is 0.316 e. The number of carbonyl (C=O) groups excluding carboxylic acids is 2. The predicted octanol–water partition coefficient (Wildman–Crippen LogP) is 4.27. The predicted molar refractivity (Wildman–Crippen MR) is 93.2 cm³/mol. The summed E-state index contributed by atoms with van der Waals surface area (Å²) in [4.78, 5) is 24.3. The van der Waals surface area contributed by atoms with E-state index in [4.69, 9.17) is 27.9 Å². The van der Waals surface area contributed by atoms with Gasteiger partial charge in [-0.3, -0.25) is 9.59 Å². The number of hydrogen-bond donors (Lipinski definition) is 1. The van der Waals surface area contributed by atoms with Crippen molar-refractivity contribution in [1.82, 2.24) is 0 Å². The van der Waals surface area contributed by atoms with Crippen LogP contribution in [-0.2, 0) is 14.3 Å². The summed E-state index contributed by atoms with van der Waals surface area (Å²) in [5.74, 6) is -0.778. The highest BCUT2D eigenvalue weighted by molar-refractivity contribution is 8.00. The van der Waals surface area contributed by atoms with Crippen LogP contribution in [0.5, 0.6) is 0 Å². The molecule has 0 aliphatic carbocycles. The van der Waals surface area contributed by atoms with Crippen molar-refractivity contribution in [2.24, 2.45) is 0 Å². The Kier molecular flexibility index (Phi) is 6.77. The van der Waals surface area contributed by atoms with E-state index >= 15 is 0 Å². The van der Waals surface area contributed by atoms with Crippen LogP contribution in [0.4, 0.5) is 5.69 Å². The highest BCUT2D eigenvalue weighted by Crippen LogP contribution is 2.22. The summed E-state index contributed by atoms with van der Waals surface area (Å²) < 4.78 is 4.92. The van der Waals surface area contributed by atoms with Crippen LogP contribution in [0, 0.1) is 0 Å². The lowest BCUT2D eigenvalue weighted by molar-refractivity contribution is -0.144. The first-order valence-electron chi connectivity index (χ1n) is 6.62. The van der Waals surface area contributed by atoms with Crippen LogP contribution >= 0.6 is 35.0 Å². The number of nitrogens with one attached hydrogen (secondary N) is 1. The molecule has 0 radical (unpaired) electrons.